The van der Waals surface area contributed by atoms with Crippen molar-refractivity contribution in [1.82, 2.24) is 4.98 Å². The summed E-state index contributed by atoms with van der Waals surface area (Å²) in [5.41, 5.74) is 0.335. The molecule has 0 amide bonds. The number of ether oxygens (including phenoxy) is 1. The van der Waals surface area contributed by atoms with Crippen molar-refractivity contribution in [3.05, 3.63) is 17.8 Å². The van der Waals surface area contributed by atoms with Gasteiger partial charge in [0.25, 0.3) is 0 Å². The van der Waals surface area contributed by atoms with Gasteiger partial charge in [0.05, 0.1) is 12.8 Å². The number of sulfonamides is 1. The van der Waals surface area contributed by atoms with Crippen LogP contribution < -0.4 is 9.88 Å². The van der Waals surface area contributed by atoms with E-state index in [0.29, 0.717) is 11.6 Å². The monoisotopic (exact) mass is 202 g/mol. The molecule has 5 nitrogen and oxygen atoms in total. The number of nitrogens with zero attached hydrogens (tertiary/aromatic N) is 1. The van der Waals surface area contributed by atoms with Crippen LogP contribution in [0.3, 0.4) is 0 Å². The number of primary sulfonamides is 1. The van der Waals surface area contributed by atoms with Crippen LogP contribution in [-0.2, 0) is 10.0 Å². The first-order valence-corrected chi connectivity index (χ1v) is 5.04. The smallest absolute Gasteiger partial charge is 0.239 e. The molecule has 13 heavy (non-hydrogen) atoms. The zero-order chi connectivity index (χ0) is 10.1. The van der Waals surface area contributed by atoms with Crippen LogP contribution in [0.2, 0.25) is 0 Å². The topological polar surface area (TPSA) is 82.3 Å². The van der Waals surface area contributed by atoms with Crippen LogP contribution in [0.1, 0.15) is 5.69 Å². The van der Waals surface area contributed by atoms with E-state index in [4.69, 9.17) is 9.88 Å². The third-order valence-electron chi connectivity index (χ3n) is 1.53. The summed E-state index contributed by atoms with van der Waals surface area (Å²) in [4.78, 5) is 3.90. The van der Waals surface area contributed by atoms with E-state index in [1.807, 2.05) is 0 Å². The Balaban J connectivity index is 3.29. The molecule has 72 valence electrons. The van der Waals surface area contributed by atoms with E-state index in [9.17, 15) is 8.42 Å². The van der Waals surface area contributed by atoms with Crippen LogP contribution in [0.5, 0.6) is 5.88 Å². The van der Waals surface area contributed by atoms with Crippen LogP contribution in [0.25, 0.3) is 0 Å². The molecule has 0 aromatic carbocycles. The Morgan fingerprint density at radius 2 is 2.08 bits per heavy atom. The molecule has 2 N–H and O–H groups in total. The van der Waals surface area contributed by atoms with E-state index in [0.717, 1.165) is 0 Å². The number of pyridine rings is 1. The van der Waals surface area contributed by atoms with E-state index in [-0.39, 0.29) is 4.90 Å². The molecular weight excluding hydrogens is 192 g/mol. The molecule has 6 heteroatoms. The molecule has 1 aromatic rings. The van der Waals surface area contributed by atoms with Gasteiger partial charge >= 0.3 is 0 Å². The van der Waals surface area contributed by atoms with Gasteiger partial charge in [-0.1, -0.05) is 0 Å². The normalized spacial score (nSPS) is 11.3. The molecule has 0 radical (unpaired) electrons. The Kier molecular flexibility index (Phi) is 2.53. The Labute approximate surface area is 76.6 Å². The van der Waals surface area contributed by atoms with Gasteiger partial charge in [-0.3, -0.25) is 0 Å². The summed E-state index contributed by atoms with van der Waals surface area (Å²) in [6.07, 6.45) is 0. The minimum atomic E-state index is -3.68. The molecule has 1 heterocycles. The van der Waals surface area contributed by atoms with E-state index < -0.39 is 10.0 Å². The first-order chi connectivity index (χ1) is 5.95. The van der Waals surface area contributed by atoms with E-state index in [1.165, 1.54) is 19.2 Å². The zero-order valence-electron chi connectivity index (χ0n) is 7.31. The van der Waals surface area contributed by atoms with Gasteiger partial charge in [-0.2, -0.15) is 0 Å². The Bertz CT molecular complexity index is 414. The van der Waals surface area contributed by atoms with Crippen LogP contribution in [0.15, 0.2) is 17.0 Å². The number of hydrogen-bond acceptors (Lipinski definition) is 4. The molecule has 0 atom stereocenters. The fraction of sp³-hybridized carbons (Fsp3) is 0.286. The first-order valence-electron chi connectivity index (χ1n) is 3.49. The Hall–Kier alpha value is -1.14. The third-order valence-corrected chi connectivity index (χ3v) is 2.57. The van der Waals surface area contributed by atoms with Gasteiger partial charge < -0.3 is 4.74 Å². The van der Waals surface area contributed by atoms with Crippen LogP contribution in [0, 0.1) is 6.92 Å². The van der Waals surface area contributed by atoms with Crippen molar-refractivity contribution in [2.24, 2.45) is 5.14 Å². The summed E-state index contributed by atoms with van der Waals surface area (Å²) in [7, 11) is -2.22. The van der Waals surface area contributed by atoms with Gasteiger partial charge in [0.15, 0.2) is 0 Å². The SMILES string of the molecule is COc1ccc(S(N)(=O)=O)c(C)n1. The molecule has 0 saturated carbocycles. The second-order valence-corrected chi connectivity index (χ2v) is 4.01. The molecule has 0 spiro atoms. The highest BCUT2D eigenvalue weighted by Gasteiger charge is 2.12. The number of methoxy groups -OCH3 is 1. The summed E-state index contributed by atoms with van der Waals surface area (Å²) in [5, 5.41) is 4.94. The lowest BCUT2D eigenvalue weighted by molar-refractivity contribution is 0.396. The summed E-state index contributed by atoms with van der Waals surface area (Å²) in [6.45, 7) is 1.56. The average molecular weight is 202 g/mol. The molecule has 0 bridgehead atoms. The van der Waals surface area contributed by atoms with Crippen LogP contribution in [0.4, 0.5) is 0 Å². The number of hydrogen-bond donors (Lipinski definition) is 1. The third kappa shape index (κ3) is 2.16. The van der Waals surface area contributed by atoms with Crippen molar-refractivity contribution >= 4 is 10.0 Å². The lowest BCUT2D eigenvalue weighted by atomic mass is 10.4. The van der Waals surface area contributed by atoms with Gasteiger partial charge in [-0.25, -0.2) is 18.5 Å². The van der Waals surface area contributed by atoms with Crippen LogP contribution >= 0.6 is 0 Å². The van der Waals surface area contributed by atoms with Crippen LogP contribution in [-0.4, -0.2) is 20.5 Å². The predicted octanol–water partition coefficient (Wildman–Crippen LogP) is 0.0460. The summed E-state index contributed by atoms with van der Waals surface area (Å²) < 4.78 is 26.7. The molecule has 0 aliphatic rings. The number of aryl methyl sites for hydroxylation is 1. The molecule has 0 aliphatic carbocycles. The molecular formula is C7H10N2O3S. The number of aromatic nitrogens is 1. The van der Waals surface area contributed by atoms with Crippen molar-refractivity contribution in [3.63, 3.8) is 0 Å². The largest absolute Gasteiger partial charge is 0.481 e. The van der Waals surface area contributed by atoms with Crippen molar-refractivity contribution in [3.8, 4) is 5.88 Å². The maximum absolute atomic E-state index is 11.0. The molecule has 0 saturated heterocycles. The first kappa shape index (κ1) is 9.94. The Morgan fingerprint density at radius 1 is 1.46 bits per heavy atom. The van der Waals surface area contributed by atoms with Crippen molar-refractivity contribution in [1.29, 1.82) is 0 Å². The Morgan fingerprint density at radius 3 is 2.46 bits per heavy atom. The molecule has 1 rings (SSSR count). The van der Waals surface area contributed by atoms with Crippen molar-refractivity contribution in [2.75, 3.05) is 7.11 Å². The molecule has 1 aromatic heterocycles. The van der Waals surface area contributed by atoms with Gasteiger partial charge in [0, 0.05) is 6.07 Å². The highest BCUT2D eigenvalue weighted by atomic mass is 32.2. The van der Waals surface area contributed by atoms with Gasteiger partial charge in [-0.15, -0.1) is 0 Å². The fourth-order valence-corrected chi connectivity index (χ4v) is 1.65. The van der Waals surface area contributed by atoms with Gasteiger partial charge in [0.2, 0.25) is 15.9 Å². The van der Waals surface area contributed by atoms with Crippen molar-refractivity contribution in [2.45, 2.75) is 11.8 Å². The van der Waals surface area contributed by atoms with E-state index in [1.54, 1.807) is 6.92 Å². The van der Waals surface area contributed by atoms with E-state index in [2.05, 4.69) is 4.98 Å². The summed E-state index contributed by atoms with van der Waals surface area (Å²) in [6, 6.07) is 2.82. The molecule has 0 fully saturated rings. The second-order valence-electron chi connectivity index (χ2n) is 2.48. The van der Waals surface area contributed by atoms with E-state index >= 15 is 0 Å². The second kappa shape index (κ2) is 3.31. The minimum absolute atomic E-state index is 0.0216. The fourth-order valence-electron chi connectivity index (χ4n) is 0.940. The standard InChI is InChI=1S/C7H10N2O3S/c1-5-6(13(8,10)11)3-4-7(9-5)12-2/h3-4H,1-2H3,(H2,8,10,11). The quantitative estimate of drug-likeness (QED) is 0.734. The van der Waals surface area contributed by atoms with Gasteiger partial charge in [-0.05, 0) is 13.0 Å². The summed E-state index contributed by atoms with van der Waals surface area (Å²) >= 11 is 0. The molecule has 0 aliphatic heterocycles. The minimum Gasteiger partial charge on any atom is -0.481 e. The van der Waals surface area contributed by atoms with Gasteiger partial charge in [0.1, 0.15) is 4.90 Å². The summed E-state index contributed by atoms with van der Waals surface area (Å²) in [5.74, 6) is 0.366. The average Bonchev–Trinajstić information content (AvgIpc) is 2.01. The maximum atomic E-state index is 11.0. The molecule has 0 unspecified atom stereocenters. The lowest BCUT2D eigenvalue weighted by Crippen LogP contribution is -2.14. The highest BCUT2D eigenvalue weighted by Crippen LogP contribution is 2.15. The lowest BCUT2D eigenvalue weighted by Gasteiger charge is -2.03. The highest BCUT2D eigenvalue weighted by molar-refractivity contribution is 7.89. The number of rotatable bonds is 2. The number of nitrogens with two attached hydrogens (primary N) is 1. The zero-order valence-corrected chi connectivity index (χ0v) is 8.13. The maximum Gasteiger partial charge on any atom is 0.239 e. The van der Waals surface area contributed by atoms with Crippen molar-refractivity contribution < 1.29 is 13.2 Å². The predicted molar refractivity (Wildman–Crippen MR) is 46.9 cm³/mol.